The summed E-state index contributed by atoms with van der Waals surface area (Å²) in [6.07, 6.45) is 0. The number of phenolic OH excluding ortho intramolecular Hbond substituents is 1. The van der Waals surface area contributed by atoms with Crippen LogP contribution in [0, 0.1) is 10.1 Å². The summed E-state index contributed by atoms with van der Waals surface area (Å²) in [4.78, 5) is 14.1. The molecule has 0 bridgehead atoms. The summed E-state index contributed by atoms with van der Waals surface area (Å²) in [6, 6.07) is 4.44. The van der Waals surface area contributed by atoms with Crippen molar-refractivity contribution in [1.82, 2.24) is 4.90 Å². The molecule has 6 heteroatoms. The van der Waals surface area contributed by atoms with Gasteiger partial charge < -0.3 is 14.9 Å². The monoisotopic (exact) mass is 253 g/mol. The zero-order valence-corrected chi connectivity index (χ0v) is 11.0. The Bertz CT molecular complexity index is 421. The molecule has 6 nitrogen and oxygen atoms in total. The highest BCUT2D eigenvalue weighted by Gasteiger charge is 2.15. The normalized spacial score (nSPS) is 10.7. The molecule has 0 radical (unpaired) electrons. The van der Waals surface area contributed by atoms with Crippen LogP contribution in [0.4, 0.5) is 11.4 Å². The van der Waals surface area contributed by atoms with Gasteiger partial charge in [-0.2, -0.15) is 0 Å². The molecule has 0 aliphatic carbocycles. The molecule has 0 aromatic heterocycles. The van der Waals surface area contributed by atoms with Gasteiger partial charge in [0.05, 0.1) is 4.92 Å². The van der Waals surface area contributed by atoms with Crippen molar-refractivity contribution in [1.29, 1.82) is 0 Å². The zero-order chi connectivity index (χ0) is 13.7. The van der Waals surface area contributed by atoms with Gasteiger partial charge in [-0.25, -0.2) is 0 Å². The van der Waals surface area contributed by atoms with Crippen LogP contribution in [0.25, 0.3) is 0 Å². The second-order valence-corrected chi connectivity index (χ2v) is 4.31. The van der Waals surface area contributed by atoms with Crippen LogP contribution < -0.4 is 4.90 Å². The Hall–Kier alpha value is -1.82. The lowest BCUT2D eigenvalue weighted by atomic mass is 10.2. The van der Waals surface area contributed by atoms with Crippen molar-refractivity contribution in [2.75, 3.05) is 38.6 Å². The molecule has 1 N–H and O–H groups in total. The average Bonchev–Trinajstić information content (AvgIpc) is 2.29. The van der Waals surface area contributed by atoms with Gasteiger partial charge in [-0.05, 0) is 27.1 Å². The topological polar surface area (TPSA) is 69.9 Å². The standard InChI is InChI=1S/C12H19N3O3/c1-4-14(8-7-13(2)3)10-5-6-11(15(17)18)12(16)9-10/h5-6,9,16H,4,7-8H2,1-3H3. The summed E-state index contributed by atoms with van der Waals surface area (Å²) in [7, 11) is 3.97. The minimum atomic E-state index is -0.588. The molecule has 0 aliphatic rings. The number of phenols is 1. The van der Waals surface area contributed by atoms with Crippen molar-refractivity contribution in [2.24, 2.45) is 0 Å². The molecule has 0 saturated carbocycles. The van der Waals surface area contributed by atoms with Crippen LogP contribution in [-0.2, 0) is 0 Å². The molecule has 0 heterocycles. The van der Waals surface area contributed by atoms with Gasteiger partial charge in [-0.15, -0.1) is 0 Å². The number of nitro groups is 1. The molecule has 0 atom stereocenters. The van der Waals surface area contributed by atoms with E-state index in [1.807, 2.05) is 21.0 Å². The number of aromatic hydroxyl groups is 1. The fourth-order valence-corrected chi connectivity index (χ4v) is 1.65. The van der Waals surface area contributed by atoms with Crippen LogP contribution >= 0.6 is 0 Å². The van der Waals surface area contributed by atoms with E-state index in [1.54, 1.807) is 6.07 Å². The molecule has 0 aliphatic heterocycles. The lowest BCUT2D eigenvalue weighted by Crippen LogP contribution is -2.31. The van der Waals surface area contributed by atoms with E-state index in [4.69, 9.17) is 0 Å². The van der Waals surface area contributed by atoms with Crippen molar-refractivity contribution >= 4 is 11.4 Å². The molecule has 0 spiro atoms. The molecule has 1 rings (SSSR count). The Morgan fingerprint density at radius 3 is 2.44 bits per heavy atom. The maximum Gasteiger partial charge on any atom is 0.310 e. The van der Waals surface area contributed by atoms with E-state index >= 15 is 0 Å². The molecule has 1 aromatic rings. The second-order valence-electron chi connectivity index (χ2n) is 4.31. The summed E-state index contributed by atoms with van der Waals surface area (Å²) < 4.78 is 0. The summed E-state index contributed by atoms with van der Waals surface area (Å²) in [6.45, 7) is 4.48. The number of hydrogen-bond donors (Lipinski definition) is 1. The van der Waals surface area contributed by atoms with Crippen molar-refractivity contribution in [2.45, 2.75) is 6.92 Å². The first-order chi connectivity index (χ1) is 8.45. The molecule has 100 valence electrons. The quantitative estimate of drug-likeness (QED) is 0.617. The van der Waals surface area contributed by atoms with Gasteiger partial charge in [0, 0.05) is 37.5 Å². The van der Waals surface area contributed by atoms with Crippen molar-refractivity contribution in [3.05, 3.63) is 28.3 Å². The fraction of sp³-hybridized carbons (Fsp3) is 0.500. The van der Waals surface area contributed by atoms with E-state index in [-0.39, 0.29) is 11.4 Å². The van der Waals surface area contributed by atoms with E-state index in [0.717, 1.165) is 25.3 Å². The highest BCUT2D eigenvalue weighted by atomic mass is 16.6. The van der Waals surface area contributed by atoms with Gasteiger partial charge in [0.15, 0.2) is 5.75 Å². The number of nitro benzene ring substituents is 1. The van der Waals surface area contributed by atoms with Gasteiger partial charge in [0.25, 0.3) is 0 Å². The van der Waals surface area contributed by atoms with E-state index in [1.165, 1.54) is 12.1 Å². The van der Waals surface area contributed by atoms with E-state index in [9.17, 15) is 15.2 Å². The third-order valence-corrected chi connectivity index (χ3v) is 2.72. The number of benzene rings is 1. The Labute approximate surface area is 107 Å². The minimum absolute atomic E-state index is 0.262. The SMILES string of the molecule is CCN(CCN(C)C)c1ccc([N+](=O)[O-])c(O)c1. The minimum Gasteiger partial charge on any atom is -0.502 e. The molecule has 0 fully saturated rings. The van der Waals surface area contributed by atoms with Crippen molar-refractivity contribution < 1.29 is 10.0 Å². The number of rotatable bonds is 6. The predicted molar refractivity (Wildman–Crippen MR) is 71.2 cm³/mol. The first-order valence-electron chi connectivity index (χ1n) is 5.82. The third kappa shape index (κ3) is 3.59. The number of anilines is 1. The van der Waals surface area contributed by atoms with Gasteiger partial charge in [0.1, 0.15) is 0 Å². The van der Waals surface area contributed by atoms with Crippen LogP contribution in [0.15, 0.2) is 18.2 Å². The Kier molecular flexibility index (Phi) is 4.91. The van der Waals surface area contributed by atoms with Gasteiger partial charge >= 0.3 is 5.69 Å². The summed E-state index contributed by atoms with van der Waals surface area (Å²) >= 11 is 0. The summed E-state index contributed by atoms with van der Waals surface area (Å²) in [5.74, 6) is -0.291. The number of likely N-dealkylation sites (N-methyl/N-ethyl adjacent to an activating group) is 2. The van der Waals surface area contributed by atoms with Crippen LogP contribution in [-0.4, -0.2) is 48.7 Å². The Morgan fingerprint density at radius 2 is 2.00 bits per heavy atom. The Morgan fingerprint density at radius 1 is 1.33 bits per heavy atom. The maximum absolute atomic E-state index is 10.6. The lowest BCUT2D eigenvalue weighted by Gasteiger charge is -2.24. The predicted octanol–water partition coefficient (Wildman–Crippen LogP) is 1.69. The maximum atomic E-state index is 10.6. The van der Waals surface area contributed by atoms with Gasteiger partial charge in [-0.3, -0.25) is 10.1 Å². The zero-order valence-electron chi connectivity index (χ0n) is 11.0. The van der Waals surface area contributed by atoms with Gasteiger partial charge in [0.2, 0.25) is 0 Å². The van der Waals surface area contributed by atoms with Crippen molar-refractivity contribution in [3.63, 3.8) is 0 Å². The summed E-state index contributed by atoms with van der Waals surface area (Å²) in [5.41, 5.74) is 0.532. The van der Waals surface area contributed by atoms with E-state index < -0.39 is 4.92 Å². The van der Waals surface area contributed by atoms with Crippen molar-refractivity contribution in [3.8, 4) is 5.75 Å². The Balaban J connectivity index is 2.87. The lowest BCUT2D eigenvalue weighted by molar-refractivity contribution is -0.385. The van der Waals surface area contributed by atoms with Crippen LogP contribution in [0.5, 0.6) is 5.75 Å². The molecule has 0 unspecified atom stereocenters. The summed E-state index contributed by atoms with van der Waals surface area (Å²) in [5, 5.41) is 20.2. The van der Waals surface area contributed by atoms with Gasteiger partial charge in [-0.1, -0.05) is 0 Å². The van der Waals surface area contributed by atoms with Crippen LogP contribution in [0.2, 0.25) is 0 Å². The molecule has 18 heavy (non-hydrogen) atoms. The highest BCUT2D eigenvalue weighted by Crippen LogP contribution is 2.30. The highest BCUT2D eigenvalue weighted by molar-refractivity contribution is 5.58. The largest absolute Gasteiger partial charge is 0.502 e. The fourth-order valence-electron chi connectivity index (χ4n) is 1.65. The molecule has 0 amide bonds. The van der Waals surface area contributed by atoms with E-state index in [2.05, 4.69) is 9.80 Å². The number of nitrogens with zero attached hydrogens (tertiary/aromatic N) is 3. The third-order valence-electron chi connectivity index (χ3n) is 2.72. The van der Waals surface area contributed by atoms with Crippen LogP contribution in [0.1, 0.15) is 6.92 Å². The average molecular weight is 253 g/mol. The molecular weight excluding hydrogens is 234 g/mol. The first kappa shape index (κ1) is 14.2. The first-order valence-corrected chi connectivity index (χ1v) is 5.82. The smallest absolute Gasteiger partial charge is 0.310 e. The van der Waals surface area contributed by atoms with Crippen LogP contribution in [0.3, 0.4) is 0 Å². The van der Waals surface area contributed by atoms with E-state index in [0.29, 0.717) is 0 Å². The number of hydrogen-bond acceptors (Lipinski definition) is 5. The molecular formula is C12H19N3O3. The molecule has 0 saturated heterocycles. The molecule has 1 aromatic carbocycles. The second kappa shape index (κ2) is 6.20.